The summed E-state index contributed by atoms with van der Waals surface area (Å²) >= 11 is 0. The van der Waals surface area contributed by atoms with Crippen LogP contribution in [0.3, 0.4) is 0 Å². The molecular formula is C8H11F3N2O. The number of hydrogen-bond donors (Lipinski definition) is 1. The van der Waals surface area contributed by atoms with Gasteiger partial charge in [0.25, 0.3) is 0 Å². The second-order valence-electron chi connectivity index (χ2n) is 3.68. The summed E-state index contributed by atoms with van der Waals surface area (Å²) < 4.78 is 36.8. The van der Waals surface area contributed by atoms with Gasteiger partial charge in [-0.2, -0.15) is 13.2 Å². The minimum atomic E-state index is -4.36. The van der Waals surface area contributed by atoms with Crippen molar-refractivity contribution >= 4 is 5.71 Å². The molecule has 2 aliphatic rings. The van der Waals surface area contributed by atoms with E-state index < -0.39 is 17.6 Å². The predicted octanol–water partition coefficient (Wildman–Crippen LogP) is 1.79. The normalized spacial score (nSPS) is 32.9. The Bertz CT molecular complexity index is 256. The van der Waals surface area contributed by atoms with Crippen LogP contribution in [-0.4, -0.2) is 24.2 Å². The Hall–Kier alpha value is -0.780. The van der Waals surface area contributed by atoms with E-state index >= 15 is 0 Å². The molecule has 1 N–H and O–H groups in total. The number of piperidine rings is 1. The molecule has 1 atom stereocenters. The molecular weight excluding hydrogens is 197 g/mol. The van der Waals surface area contributed by atoms with Crippen molar-refractivity contribution in [1.29, 1.82) is 0 Å². The summed E-state index contributed by atoms with van der Waals surface area (Å²) in [6.07, 6.45) is -2.07. The quantitative estimate of drug-likeness (QED) is 0.658. The third-order valence-corrected chi connectivity index (χ3v) is 2.57. The van der Waals surface area contributed by atoms with E-state index in [1.54, 1.807) is 0 Å². The van der Waals surface area contributed by atoms with Gasteiger partial charge in [0.05, 0.1) is 6.42 Å². The summed E-state index contributed by atoms with van der Waals surface area (Å²) in [5.74, 6) is 0. The molecule has 0 radical (unpaired) electrons. The van der Waals surface area contributed by atoms with E-state index in [0.717, 1.165) is 12.8 Å². The Morgan fingerprint density at radius 2 is 2.14 bits per heavy atom. The van der Waals surface area contributed by atoms with Gasteiger partial charge in [-0.15, -0.1) is 0 Å². The fraction of sp³-hybridized carbons (Fsp3) is 0.875. The Balaban J connectivity index is 2.03. The average molecular weight is 208 g/mol. The average Bonchev–Trinajstić information content (AvgIpc) is 2.50. The highest BCUT2D eigenvalue weighted by Crippen LogP contribution is 2.34. The van der Waals surface area contributed by atoms with E-state index in [1.807, 2.05) is 0 Å². The predicted molar refractivity (Wildman–Crippen MR) is 43.8 cm³/mol. The highest BCUT2D eigenvalue weighted by Gasteiger charge is 2.49. The maximum atomic E-state index is 12.3. The first-order chi connectivity index (χ1) is 6.52. The lowest BCUT2D eigenvalue weighted by Gasteiger charge is -2.31. The van der Waals surface area contributed by atoms with Crippen molar-refractivity contribution in [3.63, 3.8) is 0 Å². The van der Waals surface area contributed by atoms with Gasteiger partial charge in [-0.05, 0) is 19.4 Å². The molecule has 1 saturated heterocycles. The van der Waals surface area contributed by atoms with Crippen LogP contribution in [0.5, 0.6) is 0 Å². The fourth-order valence-electron chi connectivity index (χ4n) is 1.80. The van der Waals surface area contributed by atoms with E-state index in [0.29, 0.717) is 13.0 Å². The highest BCUT2D eigenvalue weighted by atomic mass is 19.4. The Morgan fingerprint density at radius 3 is 2.64 bits per heavy atom. The van der Waals surface area contributed by atoms with Crippen LogP contribution in [0, 0.1) is 0 Å². The summed E-state index contributed by atoms with van der Waals surface area (Å²) in [6, 6.07) is 0. The molecule has 0 amide bonds. The molecule has 1 spiro atoms. The molecule has 0 aromatic heterocycles. The first-order valence-corrected chi connectivity index (χ1v) is 4.59. The van der Waals surface area contributed by atoms with Gasteiger partial charge in [-0.1, -0.05) is 5.16 Å². The molecule has 0 saturated carbocycles. The minimum Gasteiger partial charge on any atom is -0.373 e. The lowest BCUT2D eigenvalue weighted by atomic mass is 9.96. The maximum Gasteiger partial charge on any atom is 0.432 e. The lowest BCUT2D eigenvalue weighted by molar-refractivity contribution is -0.0638. The summed E-state index contributed by atoms with van der Waals surface area (Å²) in [4.78, 5) is 4.88. The van der Waals surface area contributed by atoms with Gasteiger partial charge >= 0.3 is 6.18 Å². The fourth-order valence-corrected chi connectivity index (χ4v) is 1.80. The second kappa shape index (κ2) is 3.12. The number of alkyl halides is 3. The van der Waals surface area contributed by atoms with Gasteiger partial charge in [0.2, 0.25) is 0 Å². The minimum absolute atomic E-state index is 0.170. The molecule has 0 bridgehead atoms. The molecule has 14 heavy (non-hydrogen) atoms. The van der Waals surface area contributed by atoms with Crippen LogP contribution in [0.1, 0.15) is 25.7 Å². The van der Waals surface area contributed by atoms with Crippen LogP contribution in [-0.2, 0) is 4.84 Å². The first-order valence-electron chi connectivity index (χ1n) is 4.59. The molecule has 2 aliphatic heterocycles. The van der Waals surface area contributed by atoms with E-state index in [-0.39, 0.29) is 6.42 Å². The van der Waals surface area contributed by atoms with Crippen LogP contribution >= 0.6 is 0 Å². The van der Waals surface area contributed by atoms with Crippen LogP contribution < -0.4 is 5.32 Å². The summed E-state index contributed by atoms with van der Waals surface area (Å²) in [5.41, 5.74) is -1.68. The molecule has 0 aliphatic carbocycles. The van der Waals surface area contributed by atoms with E-state index in [9.17, 15) is 13.2 Å². The van der Waals surface area contributed by atoms with Crippen molar-refractivity contribution in [1.82, 2.24) is 5.32 Å². The van der Waals surface area contributed by atoms with Crippen LogP contribution in [0.4, 0.5) is 13.2 Å². The molecule has 80 valence electrons. The number of nitrogens with zero attached hydrogens (tertiary/aromatic N) is 1. The lowest BCUT2D eigenvalue weighted by Crippen LogP contribution is -2.49. The van der Waals surface area contributed by atoms with Crippen LogP contribution in [0.15, 0.2) is 5.16 Å². The third-order valence-electron chi connectivity index (χ3n) is 2.57. The molecule has 0 aromatic rings. The van der Waals surface area contributed by atoms with Gasteiger partial charge in [0.1, 0.15) is 0 Å². The third kappa shape index (κ3) is 1.70. The number of rotatable bonds is 0. The summed E-state index contributed by atoms with van der Waals surface area (Å²) in [7, 11) is 0. The first kappa shape index (κ1) is 9.76. The zero-order chi connectivity index (χ0) is 10.2. The molecule has 3 nitrogen and oxygen atoms in total. The van der Waals surface area contributed by atoms with Gasteiger partial charge in [-0.25, -0.2) is 0 Å². The van der Waals surface area contributed by atoms with Gasteiger partial charge in [0, 0.05) is 6.42 Å². The van der Waals surface area contributed by atoms with E-state index in [4.69, 9.17) is 4.84 Å². The highest BCUT2D eigenvalue weighted by molar-refractivity contribution is 5.91. The Labute approximate surface area is 79.3 Å². The van der Waals surface area contributed by atoms with Gasteiger partial charge < -0.3 is 4.84 Å². The van der Waals surface area contributed by atoms with Crippen molar-refractivity contribution in [3.05, 3.63) is 0 Å². The van der Waals surface area contributed by atoms with Crippen LogP contribution in [0.25, 0.3) is 0 Å². The van der Waals surface area contributed by atoms with Crippen LogP contribution in [0.2, 0.25) is 0 Å². The van der Waals surface area contributed by atoms with E-state index in [1.165, 1.54) is 0 Å². The standard InChI is InChI=1S/C8H11F3N2O/c9-8(10,11)6-5-7(14-13-6)3-1-2-4-12-7/h12H,1-5H2/t7-/m1/s1. The van der Waals surface area contributed by atoms with Crippen molar-refractivity contribution in [2.24, 2.45) is 5.16 Å². The molecule has 6 heteroatoms. The smallest absolute Gasteiger partial charge is 0.373 e. The molecule has 2 rings (SSSR count). The van der Waals surface area contributed by atoms with Gasteiger partial charge in [0.15, 0.2) is 11.4 Å². The topological polar surface area (TPSA) is 33.6 Å². The maximum absolute atomic E-state index is 12.3. The molecule has 1 fully saturated rings. The number of hydrogen-bond acceptors (Lipinski definition) is 3. The molecule has 0 aromatic carbocycles. The zero-order valence-corrected chi connectivity index (χ0v) is 7.52. The number of oxime groups is 1. The van der Waals surface area contributed by atoms with E-state index in [2.05, 4.69) is 10.5 Å². The van der Waals surface area contributed by atoms with Crippen molar-refractivity contribution in [2.45, 2.75) is 37.6 Å². The SMILES string of the molecule is FC(F)(F)C1=NO[C@]2(CCCCN2)C1. The van der Waals surface area contributed by atoms with Crippen molar-refractivity contribution in [3.8, 4) is 0 Å². The Kier molecular flexibility index (Phi) is 2.17. The largest absolute Gasteiger partial charge is 0.432 e. The summed E-state index contributed by atoms with van der Waals surface area (Å²) in [5, 5.41) is 6.07. The Morgan fingerprint density at radius 1 is 1.36 bits per heavy atom. The number of halogens is 3. The van der Waals surface area contributed by atoms with Crippen molar-refractivity contribution < 1.29 is 18.0 Å². The summed E-state index contributed by atoms with van der Waals surface area (Å²) in [6.45, 7) is 0.695. The van der Waals surface area contributed by atoms with Crippen molar-refractivity contribution in [2.75, 3.05) is 6.54 Å². The zero-order valence-electron chi connectivity index (χ0n) is 7.52. The van der Waals surface area contributed by atoms with Gasteiger partial charge in [-0.3, -0.25) is 5.32 Å². The monoisotopic (exact) mass is 208 g/mol. The number of nitrogens with one attached hydrogen (secondary N) is 1. The molecule has 0 unspecified atom stereocenters. The second-order valence-corrected chi connectivity index (χ2v) is 3.68. The molecule has 2 heterocycles.